The largest absolute Gasteiger partial charge is 0.256 e. The number of aromatic nitrogens is 2. The number of hydrogen-bond donors (Lipinski definition) is 1. The first-order chi connectivity index (χ1) is 6.21. The predicted molar refractivity (Wildman–Crippen MR) is 55.8 cm³/mol. The predicted octanol–water partition coefficient (Wildman–Crippen LogP) is 1.81. The summed E-state index contributed by atoms with van der Waals surface area (Å²) in [5.74, 6) is 0. The van der Waals surface area contributed by atoms with Gasteiger partial charge in [-0.25, -0.2) is 14.0 Å². The van der Waals surface area contributed by atoms with Gasteiger partial charge in [-0.15, -0.1) is 0 Å². The van der Waals surface area contributed by atoms with E-state index in [2.05, 4.69) is 9.97 Å². The maximum atomic E-state index is 11.3. The monoisotopic (exact) mass is 213 g/mol. The van der Waals surface area contributed by atoms with Crippen LogP contribution in [0.25, 0.3) is 0 Å². The molecule has 4 nitrogen and oxygen atoms in total. The van der Waals surface area contributed by atoms with Crippen molar-refractivity contribution in [3.8, 4) is 0 Å². The van der Waals surface area contributed by atoms with E-state index in [1.54, 1.807) is 6.20 Å². The lowest BCUT2D eigenvalue weighted by molar-refractivity contribution is 0.562. The molecule has 0 fully saturated rings. The van der Waals surface area contributed by atoms with Crippen molar-refractivity contribution in [3.63, 3.8) is 0 Å². The van der Waals surface area contributed by atoms with E-state index in [1.165, 1.54) is 12.5 Å². The summed E-state index contributed by atoms with van der Waals surface area (Å²) in [6, 6.07) is 0. The molecule has 0 aliphatic heterocycles. The topological polar surface area (TPSA) is 66.7 Å². The third-order valence-corrected chi connectivity index (χ3v) is 2.80. The van der Waals surface area contributed by atoms with Crippen LogP contribution in [0.15, 0.2) is 17.4 Å². The molecule has 0 aromatic carbocycles. The molecule has 5 heteroatoms. The molecule has 14 heavy (non-hydrogen) atoms. The van der Waals surface area contributed by atoms with E-state index in [9.17, 15) is 4.21 Å². The summed E-state index contributed by atoms with van der Waals surface area (Å²) < 4.78 is 18.6. The number of hydrogen-bond acceptors (Lipinski definition) is 4. The lowest BCUT2D eigenvalue weighted by atomic mass is 9.93. The third-order valence-electron chi connectivity index (χ3n) is 1.80. The van der Waals surface area contributed by atoms with Crippen molar-refractivity contribution in [1.82, 2.24) is 9.97 Å². The lowest BCUT2D eigenvalue weighted by Crippen LogP contribution is -2.14. The van der Waals surface area contributed by atoms with Gasteiger partial charge in [-0.05, 0) is 0 Å². The summed E-state index contributed by atoms with van der Waals surface area (Å²) in [6.45, 7) is 6.09. The van der Waals surface area contributed by atoms with Gasteiger partial charge in [0, 0.05) is 11.7 Å². The molecule has 1 aromatic rings. The van der Waals surface area contributed by atoms with Gasteiger partial charge >= 0.3 is 0 Å². The molecule has 1 heterocycles. The van der Waals surface area contributed by atoms with Gasteiger partial charge in [-0.3, -0.25) is 4.98 Å². The van der Waals surface area contributed by atoms with Crippen molar-refractivity contribution in [1.29, 1.82) is 4.78 Å². The van der Waals surface area contributed by atoms with E-state index in [-0.39, 0.29) is 10.4 Å². The molecular weight excluding hydrogens is 198 g/mol. The summed E-state index contributed by atoms with van der Waals surface area (Å²) in [5.41, 5.74) is 0.771. The highest BCUT2D eigenvalue weighted by atomic mass is 32.2. The van der Waals surface area contributed by atoms with Crippen LogP contribution in [-0.4, -0.2) is 20.4 Å². The molecule has 0 saturated carbocycles. The van der Waals surface area contributed by atoms with Gasteiger partial charge in [0.05, 0.1) is 27.8 Å². The normalized spacial score (nSPS) is 16.3. The van der Waals surface area contributed by atoms with Gasteiger partial charge in [0.1, 0.15) is 0 Å². The fraction of sp³-hybridized carbons (Fsp3) is 0.556. The van der Waals surface area contributed by atoms with E-state index >= 15 is 0 Å². The Kier molecular flexibility index (Phi) is 2.63. The van der Waals surface area contributed by atoms with Gasteiger partial charge < -0.3 is 0 Å². The standard InChI is InChI=1S/C9H15N3OS/c1-9(2,3)7-5-12-8(6-11-7)14(4,10)13/h5-6,10H,1-4H3/t14-/m0/s1. The lowest BCUT2D eigenvalue weighted by Gasteiger charge is -2.16. The molecule has 1 N–H and O–H groups in total. The summed E-state index contributed by atoms with van der Waals surface area (Å²) in [4.78, 5) is 8.15. The molecule has 0 bridgehead atoms. The maximum Gasteiger partial charge on any atom is 0.153 e. The number of nitrogens with one attached hydrogen (secondary N) is 1. The van der Waals surface area contributed by atoms with Crippen molar-refractivity contribution in [2.45, 2.75) is 31.2 Å². The first kappa shape index (κ1) is 11.1. The molecule has 0 aliphatic rings. The summed E-state index contributed by atoms with van der Waals surface area (Å²) >= 11 is 0. The first-order valence-corrected chi connectivity index (χ1v) is 6.24. The van der Waals surface area contributed by atoms with Gasteiger partial charge in [-0.2, -0.15) is 0 Å². The summed E-state index contributed by atoms with van der Waals surface area (Å²) in [7, 11) is -2.74. The van der Waals surface area contributed by atoms with Crippen LogP contribution >= 0.6 is 0 Å². The molecule has 0 aliphatic carbocycles. The minimum Gasteiger partial charge on any atom is -0.256 e. The second-order valence-corrected chi connectivity index (χ2v) is 6.44. The zero-order valence-electron chi connectivity index (χ0n) is 8.87. The van der Waals surface area contributed by atoms with Crippen LogP contribution in [-0.2, 0) is 15.1 Å². The molecule has 78 valence electrons. The number of nitrogens with zero attached hydrogens (tertiary/aromatic N) is 2. The van der Waals surface area contributed by atoms with E-state index < -0.39 is 9.73 Å². The molecule has 1 atom stereocenters. The van der Waals surface area contributed by atoms with E-state index in [4.69, 9.17) is 4.78 Å². The highest BCUT2D eigenvalue weighted by Crippen LogP contribution is 2.19. The Bertz CT molecular complexity index is 414. The van der Waals surface area contributed by atoms with E-state index in [1.807, 2.05) is 20.8 Å². The van der Waals surface area contributed by atoms with Gasteiger partial charge in [0.15, 0.2) is 5.03 Å². The zero-order valence-corrected chi connectivity index (χ0v) is 9.68. The smallest absolute Gasteiger partial charge is 0.153 e. The van der Waals surface area contributed by atoms with Crippen molar-refractivity contribution in [2.24, 2.45) is 0 Å². The fourth-order valence-electron chi connectivity index (χ4n) is 0.905. The van der Waals surface area contributed by atoms with Crippen LogP contribution in [0.2, 0.25) is 0 Å². The van der Waals surface area contributed by atoms with Crippen molar-refractivity contribution in [3.05, 3.63) is 18.1 Å². The van der Waals surface area contributed by atoms with E-state index in [0.717, 1.165) is 5.69 Å². The van der Waals surface area contributed by atoms with Crippen LogP contribution in [0.1, 0.15) is 26.5 Å². The second-order valence-electron chi connectivity index (χ2n) is 4.33. The third kappa shape index (κ3) is 2.51. The SMILES string of the molecule is CC(C)(C)c1cnc([S@@](C)(=N)=O)cn1. The minimum absolute atomic E-state index is 0.0673. The van der Waals surface area contributed by atoms with E-state index in [0.29, 0.717) is 0 Å². The highest BCUT2D eigenvalue weighted by Gasteiger charge is 2.16. The Labute approximate surface area is 84.8 Å². The van der Waals surface area contributed by atoms with Crippen molar-refractivity contribution in [2.75, 3.05) is 6.26 Å². The molecule has 0 amide bonds. The molecule has 0 saturated heterocycles. The fourth-order valence-corrected chi connectivity index (χ4v) is 1.41. The van der Waals surface area contributed by atoms with Crippen LogP contribution in [0.3, 0.4) is 0 Å². The minimum atomic E-state index is -2.74. The van der Waals surface area contributed by atoms with Gasteiger partial charge in [-0.1, -0.05) is 20.8 Å². The Morgan fingerprint density at radius 2 is 1.86 bits per heavy atom. The van der Waals surface area contributed by atoms with Crippen molar-refractivity contribution >= 4 is 9.73 Å². The molecule has 1 aromatic heterocycles. The van der Waals surface area contributed by atoms with Crippen LogP contribution < -0.4 is 0 Å². The summed E-state index contributed by atoms with van der Waals surface area (Å²) in [6.07, 6.45) is 4.36. The van der Waals surface area contributed by atoms with Crippen LogP contribution in [0.4, 0.5) is 0 Å². The molecular formula is C9H15N3OS. The van der Waals surface area contributed by atoms with Crippen LogP contribution in [0, 0.1) is 4.78 Å². The molecule has 0 radical (unpaired) electrons. The Morgan fingerprint density at radius 3 is 2.14 bits per heavy atom. The van der Waals surface area contributed by atoms with Crippen LogP contribution in [0.5, 0.6) is 0 Å². The molecule has 0 unspecified atom stereocenters. The van der Waals surface area contributed by atoms with Crippen molar-refractivity contribution < 1.29 is 4.21 Å². The highest BCUT2D eigenvalue weighted by molar-refractivity contribution is 7.91. The molecule has 0 spiro atoms. The average molecular weight is 213 g/mol. The molecule has 1 rings (SSSR count). The Morgan fingerprint density at radius 1 is 1.29 bits per heavy atom. The van der Waals surface area contributed by atoms with Gasteiger partial charge in [0.2, 0.25) is 0 Å². The van der Waals surface area contributed by atoms with Gasteiger partial charge in [0.25, 0.3) is 0 Å². The number of rotatable bonds is 1. The summed E-state index contributed by atoms with van der Waals surface area (Å²) in [5, 5.41) is 0.241. The Balaban J connectivity index is 3.14. The quantitative estimate of drug-likeness (QED) is 0.773. The second kappa shape index (κ2) is 3.31. The first-order valence-electron chi connectivity index (χ1n) is 4.27. The Hall–Kier alpha value is -0.970. The average Bonchev–Trinajstić information content (AvgIpc) is 2.01. The zero-order chi connectivity index (χ0) is 11.0. The maximum absolute atomic E-state index is 11.3.